The van der Waals surface area contributed by atoms with Crippen LogP contribution in [0.5, 0.6) is 5.75 Å². The highest BCUT2D eigenvalue weighted by molar-refractivity contribution is 6.03. The predicted molar refractivity (Wildman–Crippen MR) is 117 cm³/mol. The van der Waals surface area contributed by atoms with E-state index in [9.17, 15) is 22.8 Å². The molecule has 0 bridgehead atoms. The van der Waals surface area contributed by atoms with E-state index < -0.39 is 23.2 Å². The number of carbonyl (C=O) groups is 2. The van der Waals surface area contributed by atoms with Gasteiger partial charge in [-0.05, 0) is 50.1 Å². The van der Waals surface area contributed by atoms with E-state index in [-0.39, 0.29) is 24.1 Å². The van der Waals surface area contributed by atoms with Gasteiger partial charge in [-0.15, -0.1) is 0 Å². The minimum absolute atomic E-state index is 0.106. The highest BCUT2D eigenvalue weighted by Gasteiger charge is 2.38. The molecule has 0 unspecified atom stereocenters. The summed E-state index contributed by atoms with van der Waals surface area (Å²) in [5.74, 6) is 0.572. The largest absolute Gasteiger partial charge is 0.490 e. The van der Waals surface area contributed by atoms with Gasteiger partial charge in [-0.1, -0.05) is 26.0 Å². The number of anilines is 3. The van der Waals surface area contributed by atoms with Crippen molar-refractivity contribution in [2.24, 2.45) is 11.3 Å². The van der Waals surface area contributed by atoms with E-state index in [1.807, 2.05) is 13.8 Å². The summed E-state index contributed by atoms with van der Waals surface area (Å²) < 4.78 is 45.4. The number of nitrogens with one attached hydrogen (secondary N) is 2. The van der Waals surface area contributed by atoms with Crippen LogP contribution in [-0.4, -0.2) is 25.1 Å². The molecular weight excluding hydrogens is 423 g/mol. The van der Waals surface area contributed by atoms with Crippen LogP contribution in [0.4, 0.5) is 35.0 Å². The lowest BCUT2D eigenvalue weighted by molar-refractivity contribution is -0.137. The molecule has 3 amide bonds. The van der Waals surface area contributed by atoms with Crippen LogP contribution in [0.25, 0.3) is 0 Å². The molecule has 172 valence electrons. The molecule has 0 fully saturated rings. The van der Waals surface area contributed by atoms with Crippen molar-refractivity contribution in [2.75, 3.05) is 28.7 Å². The highest BCUT2D eigenvalue weighted by Crippen LogP contribution is 2.39. The minimum atomic E-state index is -4.60. The second-order valence-electron chi connectivity index (χ2n) is 8.79. The van der Waals surface area contributed by atoms with Crippen LogP contribution in [0.15, 0.2) is 42.5 Å². The molecule has 2 aromatic carbocycles. The van der Waals surface area contributed by atoms with Gasteiger partial charge in [0.25, 0.3) is 0 Å². The Kier molecular flexibility index (Phi) is 6.39. The van der Waals surface area contributed by atoms with Crippen LogP contribution in [0, 0.1) is 11.3 Å². The van der Waals surface area contributed by atoms with Crippen molar-refractivity contribution in [1.29, 1.82) is 0 Å². The molecule has 9 heteroatoms. The topological polar surface area (TPSA) is 70.7 Å². The molecule has 0 spiro atoms. The molecule has 1 aliphatic heterocycles. The Hall–Kier alpha value is -3.23. The predicted octanol–water partition coefficient (Wildman–Crippen LogP) is 5.76. The fraction of sp³-hybridized carbons (Fsp3) is 0.391. The van der Waals surface area contributed by atoms with Crippen LogP contribution in [0.2, 0.25) is 0 Å². The average Bonchev–Trinajstić information content (AvgIpc) is 2.77. The molecule has 1 aliphatic rings. The Morgan fingerprint density at radius 1 is 1.16 bits per heavy atom. The molecule has 0 radical (unpaired) electrons. The maximum Gasteiger partial charge on any atom is 0.418 e. The zero-order valence-electron chi connectivity index (χ0n) is 18.3. The summed E-state index contributed by atoms with van der Waals surface area (Å²) >= 11 is 0. The number of hydrogen-bond acceptors (Lipinski definition) is 3. The Morgan fingerprint density at radius 2 is 1.84 bits per heavy atom. The number of carbonyl (C=O) groups excluding carboxylic acids is 2. The maximum absolute atomic E-state index is 13.2. The summed E-state index contributed by atoms with van der Waals surface area (Å²) in [6, 6.07) is 8.69. The fourth-order valence-electron chi connectivity index (χ4n) is 3.39. The zero-order chi connectivity index (χ0) is 23.7. The summed E-state index contributed by atoms with van der Waals surface area (Å²) in [6.45, 7) is 8.24. The summed E-state index contributed by atoms with van der Waals surface area (Å²) in [4.78, 5) is 27.2. The summed E-state index contributed by atoms with van der Waals surface area (Å²) in [6.07, 6.45) is -4.60. The second-order valence-corrected chi connectivity index (χ2v) is 8.79. The monoisotopic (exact) mass is 449 g/mol. The van der Waals surface area contributed by atoms with Crippen LogP contribution < -0.4 is 20.3 Å². The van der Waals surface area contributed by atoms with Gasteiger partial charge in [0.1, 0.15) is 12.4 Å². The number of para-hydroxylation sites is 1. The van der Waals surface area contributed by atoms with Crippen LogP contribution in [0.1, 0.15) is 33.3 Å². The number of amides is 3. The van der Waals surface area contributed by atoms with E-state index >= 15 is 0 Å². The van der Waals surface area contributed by atoms with Gasteiger partial charge < -0.3 is 20.3 Å². The minimum Gasteiger partial charge on any atom is -0.490 e. The van der Waals surface area contributed by atoms with Gasteiger partial charge >= 0.3 is 12.2 Å². The summed E-state index contributed by atoms with van der Waals surface area (Å²) in [7, 11) is 0. The van der Waals surface area contributed by atoms with E-state index in [0.717, 1.165) is 6.07 Å². The van der Waals surface area contributed by atoms with Gasteiger partial charge in [0.15, 0.2) is 0 Å². The van der Waals surface area contributed by atoms with Gasteiger partial charge in [-0.2, -0.15) is 13.2 Å². The van der Waals surface area contributed by atoms with E-state index in [2.05, 4.69) is 10.6 Å². The van der Waals surface area contributed by atoms with Crippen LogP contribution in [0.3, 0.4) is 0 Å². The fourth-order valence-corrected chi connectivity index (χ4v) is 3.39. The third kappa shape index (κ3) is 5.15. The Bertz CT molecular complexity index is 1020. The Labute approximate surface area is 184 Å². The lowest BCUT2D eigenvalue weighted by Gasteiger charge is -2.29. The maximum atomic E-state index is 13.2. The SMILES string of the molecule is CC(C)CN1C(=O)C(C)(C)COc2ccc(NC(=O)Nc3ccccc3C(F)(F)F)cc21. The first-order chi connectivity index (χ1) is 14.9. The van der Waals surface area contributed by atoms with Crippen molar-refractivity contribution >= 4 is 29.0 Å². The number of urea groups is 1. The molecule has 3 rings (SSSR count). The third-order valence-electron chi connectivity index (χ3n) is 4.95. The molecule has 1 heterocycles. The van der Waals surface area contributed by atoms with E-state index in [0.29, 0.717) is 23.7 Å². The average molecular weight is 449 g/mol. The summed E-state index contributed by atoms with van der Waals surface area (Å²) in [5.41, 5.74) is -1.21. The van der Waals surface area contributed by atoms with Gasteiger partial charge in [-0.25, -0.2) is 4.79 Å². The number of alkyl halides is 3. The number of halogens is 3. The molecule has 0 aromatic heterocycles. The standard InChI is InChI=1S/C23H26F3N3O3/c1-14(2)12-29-18-11-15(9-10-19(18)32-13-22(3,4)20(29)30)27-21(31)28-17-8-6-5-7-16(17)23(24,25)26/h5-11,14H,12-13H2,1-4H3,(H2,27,28,31). The molecule has 0 atom stereocenters. The van der Waals surface area contributed by atoms with Crippen molar-refractivity contribution in [2.45, 2.75) is 33.9 Å². The van der Waals surface area contributed by atoms with Crippen molar-refractivity contribution in [3.05, 3.63) is 48.0 Å². The van der Waals surface area contributed by atoms with E-state index in [1.165, 1.54) is 18.2 Å². The van der Waals surface area contributed by atoms with Gasteiger partial charge in [0.2, 0.25) is 5.91 Å². The van der Waals surface area contributed by atoms with Crippen molar-refractivity contribution in [3.63, 3.8) is 0 Å². The number of nitrogens with zero attached hydrogens (tertiary/aromatic N) is 1. The Balaban J connectivity index is 1.86. The number of ether oxygens (including phenoxy) is 1. The highest BCUT2D eigenvalue weighted by atomic mass is 19.4. The van der Waals surface area contributed by atoms with Gasteiger partial charge in [-0.3, -0.25) is 4.79 Å². The molecule has 0 saturated heterocycles. The summed E-state index contributed by atoms with van der Waals surface area (Å²) in [5, 5.41) is 4.78. The van der Waals surface area contributed by atoms with E-state index in [4.69, 9.17) is 4.74 Å². The number of benzene rings is 2. The number of fused-ring (bicyclic) bond motifs is 1. The van der Waals surface area contributed by atoms with Gasteiger partial charge in [0, 0.05) is 12.2 Å². The first-order valence-electron chi connectivity index (χ1n) is 10.2. The van der Waals surface area contributed by atoms with Crippen LogP contribution in [-0.2, 0) is 11.0 Å². The lowest BCUT2D eigenvalue weighted by Crippen LogP contribution is -2.43. The first kappa shape index (κ1) is 23.4. The van der Waals surface area contributed by atoms with Crippen LogP contribution >= 0.6 is 0 Å². The number of rotatable bonds is 4. The molecule has 32 heavy (non-hydrogen) atoms. The third-order valence-corrected chi connectivity index (χ3v) is 4.95. The smallest absolute Gasteiger partial charge is 0.418 e. The molecule has 2 aromatic rings. The van der Waals surface area contributed by atoms with Gasteiger partial charge in [0.05, 0.1) is 22.4 Å². The first-order valence-corrected chi connectivity index (χ1v) is 10.2. The van der Waals surface area contributed by atoms with Crippen molar-refractivity contribution < 1.29 is 27.5 Å². The number of hydrogen-bond donors (Lipinski definition) is 2. The molecule has 0 aliphatic carbocycles. The Morgan fingerprint density at radius 3 is 2.50 bits per heavy atom. The van der Waals surface area contributed by atoms with Crippen molar-refractivity contribution in [3.8, 4) is 5.75 Å². The second kappa shape index (κ2) is 8.72. The normalized spacial score (nSPS) is 15.6. The molecule has 2 N–H and O–H groups in total. The molecular formula is C23H26F3N3O3. The lowest BCUT2D eigenvalue weighted by atomic mass is 9.92. The van der Waals surface area contributed by atoms with E-state index in [1.54, 1.807) is 36.9 Å². The van der Waals surface area contributed by atoms with Crippen molar-refractivity contribution in [1.82, 2.24) is 0 Å². The molecule has 6 nitrogen and oxygen atoms in total. The molecule has 0 saturated carbocycles. The quantitative estimate of drug-likeness (QED) is 0.624. The zero-order valence-corrected chi connectivity index (χ0v) is 18.3.